The van der Waals surface area contributed by atoms with Gasteiger partial charge in [0.2, 0.25) is 0 Å². The van der Waals surface area contributed by atoms with Crippen LogP contribution in [0.15, 0.2) is 41.7 Å². The Morgan fingerprint density at radius 1 is 1.28 bits per heavy atom. The number of amidine groups is 1. The van der Waals surface area contributed by atoms with Crippen molar-refractivity contribution in [3.8, 4) is 0 Å². The molecule has 4 nitrogen and oxygen atoms in total. The van der Waals surface area contributed by atoms with Crippen LogP contribution in [0.4, 0.5) is 8.78 Å². The van der Waals surface area contributed by atoms with Gasteiger partial charge in [-0.15, -0.1) is 0 Å². The predicted molar refractivity (Wildman–Crippen MR) is 62.4 cm³/mol. The van der Waals surface area contributed by atoms with Gasteiger partial charge in [-0.25, -0.2) is 8.78 Å². The molecule has 0 radical (unpaired) electrons. The second-order valence-corrected chi connectivity index (χ2v) is 3.78. The Labute approximate surface area is 102 Å². The van der Waals surface area contributed by atoms with Gasteiger partial charge in [0.05, 0.1) is 5.69 Å². The largest absolute Gasteiger partial charge is 0.409 e. The van der Waals surface area contributed by atoms with Gasteiger partial charge in [-0.1, -0.05) is 5.16 Å². The van der Waals surface area contributed by atoms with Gasteiger partial charge in [-0.2, -0.15) is 0 Å². The Kier molecular flexibility index (Phi) is 3.27. The van der Waals surface area contributed by atoms with E-state index in [1.165, 1.54) is 12.1 Å². The lowest BCUT2D eigenvalue weighted by Gasteiger charge is -2.08. The first-order chi connectivity index (χ1) is 8.60. The molecule has 0 aliphatic carbocycles. The normalized spacial score (nSPS) is 11.8. The molecule has 1 aromatic carbocycles. The summed E-state index contributed by atoms with van der Waals surface area (Å²) in [4.78, 5) is 0. The van der Waals surface area contributed by atoms with Gasteiger partial charge in [-0.3, -0.25) is 0 Å². The first-order valence-corrected chi connectivity index (χ1v) is 5.18. The zero-order valence-electron chi connectivity index (χ0n) is 9.35. The lowest BCUT2D eigenvalue weighted by atomic mass is 10.2. The highest BCUT2D eigenvalue weighted by Crippen LogP contribution is 2.11. The highest BCUT2D eigenvalue weighted by Gasteiger charge is 2.07. The van der Waals surface area contributed by atoms with Crippen molar-refractivity contribution in [1.29, 1.82) is 0 Å². The summed E-state index contributed by atoms with van der Waals surface area (Å²) in [5.41, 5.74) is 6.41. The fourth-order valence-electron chi connectivity index (χ4n) is 1.73. The Morgan fingerprint density at radius 2 is 1.94 bits per heavy atom. The van der Waals surface area contributed by atoms with Gasteiger partial charge in [-0.05, 0) is 29.8 Å². The van der Waals surface area contributed by atoms with Crippen LogP contribution in [0.2, 0.25) is 0 Å². The van der Waals surface area contributed by atoms with Gasteiger partial charge in [0, 0.05) is 18.8 Å². The van der Waals surface area contributed by atoms with E-state index in [1.54, 1.807) is 22.9 Å². The summed E-state index contributed by atoms with van der Waals surface area (Å²) in [6.45, 7) is 0.229. The minimum absolute atomic E-state index is 0.0584. The lowest BCUT2D eigenvalue weighted by molar-refractivity contribution is 0.318. The fraction of sp³-hybridized carbons (Fsp3) is 0.0833. The molecule has 0 atom stereocenters. The molecule has 1 heterocycles. The number of nitrogens with zero attached hydrogens (tertiary/aromatic N) is 2. The average Bonchev–Trinajstić information content (AvgIpc) is 2.74. The van der Waals surface area contributed by atoms with Crippen LogP contribution >= 0.6 is 0 Å². The molecule has 6 heteroatoms. The maximum absolute atomic E-state index is 13.0. The number of rotatable bonds is 3. The van der Waals surface area contributed by atoms with Crippen LogP contribution < -0.4 is 5.73 Å². The number of benzene rings is 1. The summed E-state index contributed by atoms with van der Waals surface area (Å²) in [6.07, 6.45) is 1.68. The average molecular weight is 251 g/mol. The van der Waals surface area contributed by atoms with E-state index in [1.807, 2.05) is 0 Å². The maximum atomic E-state index is 13.0. The first kappa shape index (κ1) is 12.1. The van der Waals surface area contributed by atoms with Crippen molar-refractivity contribution in [2.24, 2.45) is 10.9 Å². The van der Waals surface area contributed by atoms with Crippen LogP contribution in [0.25, 0.3) is 0 Å². The van der Waals surface area contributed by atoms with Crippen LogP contribution in [0.3, 0.4) is 0 Å². The summed E-state index contributed by atoms with van der Waals surface area (Å²) in [7, 11) is 0. The number of hydrogen-bond donors (Lipinski definition) is 2. The fourth-order valence-corrected chi connectivity index (χ4v) is 1.73. The molecule has 3 N–H and O–H groups in total. The van der Waals surface area contributed by atoms with Crippen molar-refractivity contribution in [2.75, 3.05) is 0 Å². The maximum Gasteiger partial charge on any atom is 0.186 e. The molecule has 0 fully saturated rings. The summed E-state index contributed by atoms with van der Waals surface area (Å²) in [5, 5.41) is 11.5. The van der Waals surface area contributed by atoms with E-state index in [0.29, 0.717) is 11.3 Å². The van der Waals surface area contributed by atoms with E-state index in [2.05, 4.69) is 5.16 Å². The van der Waals surface area contributed by atoms with Crippen LogP contribution in [0, 0.1) is 11.6 Å². The molecule has 0 amide bonds. The first-order valence-electron chi connectivity index (χ1n) is 5.18. The van der Waals surface area contributed by atoms with E-state index in [0.717, 1.165) is 6.07 Å². The molecule has 0 unspecified atom stereocenters. The topological polar surface area (TPSA) is 63.5 Å². The molecule has 0 saturated heterocycles. The third kappa shape index (κ3) is 2.48. The van der Waals surface area contributed by atoms with Crippen LogP contribution in [0.5, 0.6) is 0 Å². The molecule has 94 valence electrons. The van der Waals surface area contributed by atoms with E-state index in [4.69, 9.17) is 10.9 Å². The lowest BCUT2D eigenvalue weighted by Crippen LogP contribution is -2.18. The molecule has 0 bridgehead atoms. The second-order valence-electron chi connectivity index (χ2n) is 3.78. The Balaban J connectivity index is 2.32. The van der Waals surface area contributed by atoms with Gasteiger partial charge < -0.3 is 15.5 Å². The number of oxime groups is 1. The summed E-state index contributed by atoms with van der Waals surface area (Å²) >= 11 is 0. The van der Waals surface area contributed by atoms with Gasteiger partial charge in [0.25, 0.3) is 0 Å². The molecule has 0 aliphatic rings. The van der Waals surface area contributed by atoms with E-state index < -0.39 is 11.6 Å². The molecule has 1 aromatic heterocycles. The summed E-state index contributed by atoms with van der Waals surface area (Å²) in [6, 6.07) is 6.62. The molecule has 0 spiro atoms. The van der Waals surface area contributed by atoms with E-state index in [9.17, 15) is 8.78 Å². The van der Waals surface area contributed by atoms with Crippen molar-refractivity contribution in [2.45, 2.75) is 6.54 Å². The van der Waals surface area contributed by atoms with Crippen molar-refractivity contribution < 1.29 is 14.0 Å². The smallest absolute Gasteiger partial charge is 0.186 e. The van der Waals surface area contributed by atoms with Crippen molar-refractivity contribution in [3.63, 3.8) is 0 Å². The molecule has 2 rings (SSSR count). The number of hydrogen-bond acceptors (Lipinski definition) is 2. The monoisotopic (exact) mass is 251 g/mol. The van der Waals surface area contributed by atoms with Crippen molar-refractivity contribution in [1.82, 2.24) is 4.57 Å². The Morgan fingerprint density at radius 3 is 2.56 bits per heavy atom. The minimum atomic E-state index is -0.637. The Bertz CT molecular complexity index is 573. The number of nitrogens with two attached hydrogens (primary N) is 1. The zero-order chi connectivity index (χ0) is 13.1. The van der Waals surface area contributed by atoms with E-state index >= 15 is 0 Å². The third-order valence-corrected chi connectivity index (χ3v) is 2.47. The highest BCUT2D eigenvalue weighted by atomic mass is 19.1. The molecular weight excluding hydrogens is 240 g/mol. The standard InChI is InChI=1S/C12H11F2N3O/c13-9-4-8(5-10(14)6-9)7-17-3-1-2-11(17)12(15)16-18/h1-6,18H,7H2,(H2,15,16). The number of halogens is 2. The molecule has 2 aromatic rings. The highest BCUT2D eigenvalue weighted by molar-refractivity contribution is 5.95. The Hall–Kier alpha value is -2.37. The predicted octanol–water partition coefficient (Wildman–Crippen LogP) is 1.91. The zero-order valence-corrected chi connectivity index (χ0v) is 9.35. The molecule has 0 aliphatic heterocycles. The van der Waals surface area contributed by atoms with Crippen molar-refractivity contribution >= 4 is 5.84 Å². The summed E-state index contributed by atoms with van der Waals surface area (Å²) in [5.74, 6) is -1.33. The molecule has 0 saturated carbocycles. The molecular formula is C12H11F2N3O. The minimum Gasteiger partial charge on any atom is -0.409 e. The van der Waals surface area contributed by atoms with Gasteiger partial charge in [0.15, 0.2) is 5.84 Å². The second kappa shape index (κ2) is 4.87. The number of aromatic nitrogens is 1. The quantitative estimate of drug-likeness (QED) is 0.379. The molecule has 18 heavy (non-hydrogen) atoms. The van der Waals surface area contributed by atoms with E-state index in [-0.39, 0.29) is 12.4 Å². The van der Waals surface area contributed by atoms with Crippen molar-refractivity contribution in [3.05, 3.63) is 59.4 Å². The summed E-state index contributed by atoms with van der Waals surface area (Å²) < 4.78 is 27.7. The van der Waals surface area contributed by atoms with Crippen LogP contribution in [0.1, 0.15) is 11.3 Å². The van der Waals surface area contributed by atoms with Crippen LogP contribution in [-0.2, 0) is 6.54 Å². The van der Waals surface area contributed by atoms with Crippen LogP contribution in [-0.4, -0.2) is 15.6 Å². The van der Waals surface area contributed by atoms with Gasteiger partial charge in [0.1, 0.15) is 11.6 Å². The SMILES string of the molecule is N/C(=N/O)c1cccn1Cc1cc(F)cc(F)c1. The third-order valence-electron chi connectivity index (χ3n) is 2.47. The van der Waals surface area contributed by atoms with Gasteiger partial charge >= 0.3 is 0 Å².